The van der Waals surface area contributed by atoms with Crippen molar-refractivity contribution < 1.29 is 13.0 Å². The predicted molar refractivity (Wildman–Crippen MR) is 99.9 cm³/mol. The highest BCUT2D eigenvalue weighted by molar-refractivity contribution is 7.85. The third-order valence-corrected chi connectivity index (χ3v) is 5.15. The molecule has 0 spiro atoms. The van der Waals surface area contributed by atoms with Crippen LogP contribution < -0.4 is 5.73 Å². The van der Waals surface area contributed by atoms with Gasteiger partial charge >= 0.3 is 0 Å². The third kappa shape index (κ3) is 3.39. The molecule has 0 radical (unpaired) electrons. The Hall–Kier alpha value is -3.11. The van der Waals surface area contributed by atoms with Crippen molar-refractivity contribution in [1.29, 1.82) is 0 Å². The zero-order chi connectivity index (χ0) is 19.7. The molecule has 0 saturated heterocycles. The first kappa shape index (κ1) is 18.3. The van der Waals surface area contributed by atoms with E-state index < -0.39 is 17.2 Å². The molecule has 0 amide bonds. The van der Waals surface area contributed by atoms with Gasteiger partial charge in [0.2, 0.25) is 0 Å². The highest BCUT2D eigenvalue weighted by Gasteiger charge is 2.15. The number of aromatic nitrogens is 5. The molecule has 0 aliphatic carbocycles. The lowest BCUT2D eigenvalue weighted by Gasteiger charge is -2.07. The second-order valence-electron chi connectivity index (χ2n) is 5.79. The number of halogens is 2. The van der Waals surface area contributed by atoms with E-state index in [1.807, 2.05) is 6.07 Å². The zero-order valence-corrected chi connectivity index (χ0v) is 15.2. The van der Waals surface area contributed by atoms with Gasteiger partial charge in [0.1, 0.15) is 11.4 Å². The number of nitrogens with zero attached hydrogens (tertiary/aromatic N) is 5. The molecule has 4 rings (SSSR count). The number of imidazole rings is 1. The maximum atomic E-state index is 13.0. The van der Waals surface area contributed by atoms with E-state index in [0.717, 1.165) is 5.56 Å². The predicted octanol–water partition coefficient (Wildman–Crippen LogP) is 2.81. The smallest absolute Gasteiger partial charge is 0.281 e. The highest BCUT2D eigenvalue weighted by Crippen LogP contribution is 2.24. The van der Waals surface area contributed by atoms with Crippen LogP contribution in [0, 0.1) is 0 Å². The molecule has 142 valence electrons. The van der Waals surface area contributed by atoms with Crippen LogP contribution in [-0.4, -0.2) is 34.4 Å². The molecule has 2 N–H and O–H groups in total. The van der Waals surface area contributed by atoms with Crippen LogP contribution in [0.25, 0.3) is 28.4 Å². The summed E-state index contributed by atoms with van der Waals surface area (Å²) in [7, 11) is -1.29. The molecule has 0 fully saturated rings. The van der Waals surface area contributed by atoms with Gasteiger partial charge in [-0.3, -0.25) is 8.61 Å². The largest absolute Gasteiger partial charge is 0.319 e. The summed E-state index contributed by atoms with van der Waals surface area (Å²) in [5.41, 5.74) is 7.32. The van der Waals surface area contributed by atoms with Gasteiger partial charge in [-0.15, -0.1) is 0 Å². The molecule has 0 bridgehead atoms. The van der Waals surface area contributed by atoms with Crippen LogP contribution in [0.3, 0.4) is 0 Å². The van der Waals surface area contributed by atoms with Gasteiger partial charge in [-0.1, -0.05) is 12.1 Å². The van der Waals surface area contributed by atoms with Crippen LogP contribution in [0.15, 0.2) is 60.0 Å². The van der Waals surface area contributed by atoms with Crippen molar-refractivity contribution in [2.24, 2.45) is 5.73 Å². The minimum absolute atomic E-state index is 0.0286. The lowest BCUT2D eigenvalue weighted by atomic mass is 10.1. The van der Waals surface area contributed by atoms with Gasteiger partial charge in [0.05, 0.1) is 34.8 Å². The van der Waals surface area contributed by atoms with Gasteiger partial charge in [-0.2, -0.15) is 0 Å². The minimum Gasteiger partial charge on any atom is -0.319 e. The summed E-state index contributed by atoms with van der Waals surface area (Å²) >= 11 is 0. The van der Waals surface area contributed by atoms with E-state index in [1.54, 1.807) is 30.5 Å². The standard InChI is InChI=1S/C18H14F2N6OS/c19-17(20)14-9-26-15(7-24-16(26)8-23-14)18-22-5-4-13(25-18)11-2-1-3-12(6-11)28(27)10-21/h1-9,17H,10,21H2. The number of benzene rings is 1. The molecule has 10 heteroatoms. The van der Waals surface area contributed by atoms with Crippen molar-refractivity contribution in [2.75, 3.05) is 5.88 Å². The van der Waals surface area contributed by atoms with E-state index >= 15 is 0 Å². The van der Waals surface area contributed by atoms with Crippen molar-refractivity contribution in [2.45, 2.75) is 11.3 Å². The Kier molecular flexibility index (Phi) is 4.88. The molecule has 28 heavy (non-hydrogen) atoms. The first-order chi connectivity index (χ1) is 13.6. The molecule has 1 unspecified atom stereocenters. The summed E-state index contributed by atoms with van der Waals surface area (Å²) in [5.74, 6) is 0.350. The summed E-state index contributed by atoms with van der Waals surface area (Å²) in [6.07, 6.45) is 2.88. The second kappa shape index (κ2) is 7.49. The molecule has 0 aliphatic heterocycles. The van der Waals surface area contributed by atoms with Crippen LogP contribution in [0.5, 0.6) is 0 Å². The van der Waals surface area contributed by atoms with E-state index in [2.05, 4.69) is 19.9 Å². The second-order valence-corrected chi connectivity index (χ2v) is 7.29. The van der Waals surface area contributed by atoms with Gasteiger partial charge in [0.15, 0.2) is 11.5 Å². The first-order valence-corrected chi connectivity index (χ1v) is 9.52. The van der Waals surface area contributed by atoms with E-state index in [-0.39, 0.29) is 11.6 Å². The highest BCUT2D eigenvalue weighted by atomic mass is 32.2. The third-order valence-electron chi connectivity index (χ3n) is 4.07. The maximum absolute atomic E-state index is 13.0. The number of fused-ring (bicyclic) bond motifs is 1. The number of alkyl halides is 2. The van der Waals surface area contributed by atoms with Gasteiger partial charge < -0.3 is 5.73 Å². The Bertz CT molecular complexity index is 1180. The zero-order valence-electron chi connectivity index (χ0n) is 14.4. The Balaban J connectivity index is 1.79. The van der Waals surface area contributed by atoms with Crippen molar-refractivity contribution in [1.82, 2.24) is 24.3 Å². The fourth-order valence-electron chi connectivity index (χ4n) is 2.72. The minimum atomic E-state index is -2.70. The van der Waals surface area contributed by atoms with Gasteiger partial charge in [0.25, 0.3) is 6.43 Å². The van der Waals surface area contributed by atoms with E-state index in [4.69, 9.17) is 5.73 Å². The van der Waals surface area contributed by atoms with Crippen LogP contribution in [0.4, 0.5) is 8.78 Å². The van der Waals surface area contributed by atoms with Gasteiger partial charge in [0, 0.05) is 22.9 Å². The molecule has 4 aromatic rings. The molecule has 3 aromatic heterocycles. The molecule has 7 nitrogen and oxygen atoms in total. The van der Waals surface area contributed by atoms with Crippen LogP contribution in [0.1, 0.15) is 12.1 Å². The summed E-state index contributed by atoms with van der Waals surface area (Å²) in [6, 6.07) is 8.80. The van der Waals surface area contributed by atoms with Crippen molar-refractivity contribution in [3.05, 3.63) is 60.8 Å². The number of nitrogens with two attached hydrogens (primary N) is 1. The van der Waals surface area contributed by atoms with E-state index in [9.17, 15) is 13.0 Å². The average molecular weight is 400 g/mol. The molecule has 1 aromatic carbocycles. The molecule has 1 atom stereocenters. The molecular weight excluding hydrogens is 386 g/mol. The number of rotatable bonds is 5. The summed E-state index contributed by atoms with van der Waals surface area (Å²) in [6.45, 7) is 0. The lowest BCUT2D eigenvalue weighted by molar-refractivity contribution is 0.145. The van der Waals surface area contributed by atoms with Crippen LogP contribution in [0.2, 0.25) is 0 Å². The first-order valence-electron chi connectivity index (χ1n) is 8.20. The fraction of sp³-hybridized carbons (Fsp3) is 0.111. The normalized spacial score (nSPS) is 12.6. The average Bonchev–Trinajstić information content (AvgIpc) is 3.16. The van der Waals surface area contributed by atoms with E-state index in [0.29, 0.717) is 27.8 Å². The summed E-state index contributed by atoms with van der Waals surface area (Å²) in [5, 5.41) is 0. The fourth-order valence-corrected chi connectivity index (χ4v) is 3.40. The summed E-state index contributed by atoms with van der Waals surface area (Å²) < 4.78 is 39.4. The lowest BCUT2D eigenvalue weighted by Crippen LogP contribution is -2.07. The van der Waals surface area contributed by atoms with Crippen molar-refractivity contribution in [3.63, 3.8) is 0 Å². The van der Waals surface area contributed by atoms with Crippen molar-refractivity contribution in [3.8, 4) is 22.8 Å². The summed E-state index contributed by atoms with van der Waals surface area (Å²) in [4.78, 5) is 17.2. The molecule has 0 saturated carbocycles. The Labute approximate surface area is 160 Å². The molecule has 3 heterocycles. The van der Waals surface area contributed by atoms with Gasteiger partial charge in [-0.05, 0) is 18.2 Å². The van der Waals surface area contributed by atoms with Crippen LogP contribution in [-0.2, 0) is 10.8 Å². The number of hydrogen-bond acceptors (Lipinski definition) is 6. The quantitative estimate of drug-likeness (QED) is 0.553. The molecule has 0 aliphatic rings. The van der Waals surface area contributed by atoms with E-state index in [1.165, 1.54) is 23.0 Å². The maximum Gasteiger partial charge on any atom is 0.281 e. The Morgan fingerprint density at radius 3 is 2.79 bits per heavy atom. The van der Waals surface area contributed by atoms with Crippen molar-refractivity contribution >= 4 is 16.4 Å². The SMILES string of the molecule is NCS(=O)c1cccc(-c2ccnc(-c3cnc4cnc(C(F)F)cn34)n2)c1. The number of hydrogen-bond donors (Lipinski definition) is 1. The topological polar surface area (TPSA) is 99.1 Å². The molecular formula is C18H14F2N6OS. The van der Waals surface area contributed by atoms with Crippen LogP contribution >= 0.6 is 0 Å². The monoisotopic (exact) mass is 400 g/mol. The Morgan fingerprint density at radius 1 is 1.14 bits per heavy atom. The van der Waals surface area contributed by atoms with Gasteiger partial charge in [-0.25, -0.2) is 28.7 Å². The Morgan fingerprint density at radius 2 is 2.00 bits per heavy atom.